The molecular formula is C21H26N2O3. The number of hydrogen-bond donors (Lipinski definition) is 2. The molecule has 0 amide bonds. The van der Waals surface area contributed by atoms with E-state index in [0.29, 0.717) is 18.4 Å². The zero-order chi connectivity index (χ0) is 17.8. The molecule has 5 rings (SSSR count). The number of nitrogens with zero attached hydrogens (tertiary/aromatic N) is 1. The summed E-state index contributed by atoms with van der Waals surface area (Å²) >= 11 is 0. The number of hydrogen-bond acceptors (Lipinski definition) is 4. The Bertz CT molecular complexity index is 845. The van der Waals surface area contributed by atoms with Crippen molar-refractivity contribution in [1.29, 1.82) is 0 Å². The van der Waals surface area contributed by atoms with Gasteiger partial charge < -0.3 is 14.8 Å². The minimum absolute atomic E-state index is 0.199. The second-order valence-electron chi connectivity index (χ2n) is 8.18. The van der Waals surface area contributed by atoms with Crippen LogP contribution in [0.3, 0.4) is 0 Å². The maximum atomic E-state index is 12.4. The molecule has 138 valence electrons. The van der Waals surface area contributed by atoms with Gasteiger partial charge in [0.2, 0.25) is 0 Å². The van der Waals surface area contributed by atoms with Gasteiger partial charge in [-0.15, -0.1) is 0 Å². The summed E-state index contributed by atoms with van der Waals surface area (Å²) in [6, 6.07) is 8.83. The number of aliphatic hydroxyl groups is 1. The van der Waals surface area contributed by atoms with Gasteiger partial charge in [-0.25, -0.2) is 0 Å². The van der Waals surface area contributed by atoms with Crippen molar-refractivity contribution in [1.82, 2.24) is 9.88 Å². The van der Waals surface area contributed by atoms with E-state index < -0.39 is 6.10 Å². The van der Waals surface area contributed by atoms with Gasteiger partial charge in [-0.2, -0.15) is 0 Å². The van der Waals surface area contributed by atoms with Gasteiger partial charge >= 0.3 is 5.97 Å². The highest BCUT2D eigenvalue weighted by atomic mass is 16.5. The summed E-state index contributed by atoms with van der Waals surface area (Å²) in [6.45, 7) is 2.10. The number of nitrogens with one attached hydrogen (secondary N) is 1. The summed E-state index contributed by atoms with van der Waals surface area (Å²) in [4.78, 5) is 18.6. The van der Waals surface area contributed by atoms with Crippen LogP contribution in [0.15, 0.2) is 24.3 Å². The van der Waals surface area contributed by atoms with Crippen molar-refractivity contribution in [3.05, 3.63) is 35.5 Å². The molecule has 3 heterocycles. The van der Waals surface area contributed by atoms with Gasteiger partial charge in [0.25, 0.3) is 0 Å². The van der Waals surface area contributed by atoms with Gasteiger partial charge in [0.15, 0.2) is 0 Å². The molecule has 0 unspecified atom stereocenters. The van der Waals surface area contributed by atoms with Crippen molar-refractivity contribution >= 4 is 16.9 Å². The van der Waals surface area contributed by atoms with Gasteiger partial charge in [-0.05, 0) is 49.1 Å². The Kier molecular flexibility index (Phi) is 3.83. The zero-order valence-electron chi connectivity index (χ0n) is 15.1. The number of carbonyl (C=O) groups excluding carboxylic acids is 1. The number of ether oxygens (including phenoxy) is 1. The fourth-order valence-corrected chi connectivity index (χ4v) is 5.80. The third-order valence-electron chi connectivity index (χ3n) is 7.02. The molecule has 1 aromatic carbocycles. The Labute approximate surface area is 153 Å². The number of H-pyrrole nitrogens is 1. The quantitative estimate of drug-likeness (QED) is 0.773. The number of aliphatic hydroxyl groups excluding tert-OH is 1. The van der Waals surface area contributed by atoms with E-state index in [1.54, 1.807) is 0 Å². The Morgan fingerprint density at radius 2 is 2.15 bits per heavy atom. The summed E-state index contributed by atoms with van der Waals surface area (Å²) in [5, 5.41) is 11.8. The fraction of sp³-hybridized carbons (Fsp3) is 0.571. The molecule has 5 heteroatoms. The number of carbonyl (C=O) groups is 1. The molecule has 1 aromatic heterocycles. The van der Waals surface area contributed by atoms with E-state index in [2.05, 4.69) is 34.1 Å². The van der Waals surface area contributed by atoms with E-state index >= 15 is 0 Å². The fourth-order valence-electron chi connectivity index (χ4n) is 5.80. The molecule has 3 aliphatic rings. The van der Waals surface area contributed by atoms with Crippen LogP contribution in [0.5, 0.6) is 0 Å². The van der Waals surface area contributed by atoms with E-state index in [1.165, 1.54) is 29.3 Å². The van der Waals surface area contributed by atoms with Gasteiger partial charge in [-0.3, -0.25) is 9.69 Å². The van der Waals surface area contributed by atoms with Gasteiger partial charge in [0.1, 0.15) is 0 Å². The predicted molar refractivity (Wildman–Crippen MR) is 98.7 cm³/mol. The maximum Gasteiger partial charge on any atom is 0.311 e. The van der Waals surface area contributed by atoms with Gasteiger partial charge in [-0.1, -0.05) is 18.2 Å². The normalized spacial score (nSPS) is 34.0. The lowest BCUT2D eigenvalue weighted by atomic mass is 9.65. The monoisotopic (exact) mass is 354 g/mol. The summed E-state index contributed by atoms with van der Waals surface area (Å²) < 4.78 is 5.04. The largest absolute Gasteiger partial charge is 0.469 e. The lowest BCUT2D eigenvalue weighted by molar-refractivity contribution is -0.160. The van der Waals surface area contributed by atoms with Gasteiger partial charge in [0.05, 0.1) is 25.2 Å². The third kappa shape index (κ3) is 2.33. The lowest BCUT2D eigenvalue weighted by Crippen LogP contribution is -2.53. The number of methoxy groups -OCH3 is 1. The summed E-state index contributed by atoms with van der Waals surface area (Å²) in [5.41, 5.74) is 3.96. The van der Waals surface area contributed by atoms with Gasteiger partial charge in [0, 0.05) is 29.7 Å². The van der Waals surface area contributed by atoms with Crippen LogP contribution in [-0.2, 0) is 16.0 Å². The number of aromatic amines is 1. The molecule has 1 aliphatic carbocycles. The Balaban J connectivity index is 1.52. The SMILES string of the molecule is COC(=O)[C@@H]1[C@@H]2C[C@H]3c4[nH]c5ccccc5c4CCN3C[C@H]2CC[C@@H]1O. The highest BCUT2D eigenvalue weighted by Crippen LogP contribution is 2.49. The number of piperidine rings is 1. The van der Waals surface area contributed by atoms with Crippen LogP contribution in [-0.4, -0.2) is 47.3 Å². The molecule has 2 N–H and O–H groups in total. The first-order chi connectivity index (χ1) is 12.7. The predicted octanol–water partition coefficient (Wildman–Crippen LogP) is 2.65. The van der Waals surface area contributed by atoms with Crippen LogP contribution < -0.4 is 0 Å². The first kappa shape index (κ1) is 16.3. The Morgan fingerprint density at radius 1 is 1.31 bits per heavy atom. The second kappa shape index (κ2) is 6.10. The average Bonchev–Trinajstić information content (AvgIpc) is 3.05. The Hall–Kier alpha value is -1.85. The van der Waals surface area contributed by atoms with E-state index in [0.717, 1.165) is 32.4 Å². The second-order valence-corrected chi connectivity index (χ2v) is 8.18. The molecule has 1 saturated heterocycles. The molecule has 5 nitrogen and oxygen atoms in total. The van der Waals surface area contributed by atoms with E-state index in [4.69, 9.17) is 4.74 Å². The number of para-hydroxylation sites is 1. The number of fused-ring (bicyclic) bond motifs is 6. The first-order valence-electron chi connectivity index (χ1n) is 9.76. The highest BCUT2D eigenvalue weighted by molar-refractivity contribution is 5.85. The van der Waals surface area contributed by atoms with Crippen molar-refractivity contribution in [2.75, 3.05) is 20.2 Å². The van der Waals surface area contributed by atoms with E-state index in [-0.39, 0.29) is 17.8 Å². The summed E-state index contributed by atoms with van der Waals surface area (Å²) in [7, 11) is 1.43. The topological polar surface area (TPSA) is 65.6 Å². The van der Waals surface area contributed by atoms with Crippen LogP contribution in [0.4, 0.5) is 0 Å². The number of benzene rings is 1. The van der Waals surface area contributed by atoms with Crippen molar-refractivity contribution in [2.45, 2.75) is 37.8 Å². The zero-order valence-corrected chi connectivity index (χ0v) is 15.1. The molecule has 2 aliphatic heterocycles. The molecule has 0 radical (unpaired) electrons. The molecule has 5 atom stereocenters. The number of rotatable bonds is 1. The highest BCUT2D eigenvalue weighted by Gasteiger charge is 2.49. The summed E-state index contributed by atoms with van der Waals surface area (Å²) in [6.07, 6.45) is 3.14. The third-order valence-corrected chi connectivity index (χ3v) is 7.02. The van der Waals surface area contributed by atoms with E-state index in [9.17, 15) is 9.90 Å². The van der Waals surface area contributed by atoms with E-state index in [1.807, 2.05) is 0 Å². The van der Waals surface area contributed by atoms with Crippen molar-refractivity contribution < 1.29 is 14.6 Å². The lowest BCUT2D eigenvalue weighted by Gasteiger charge is -2.50. The molecular weight excluding hydrogens is 328 g/mol. The van der Waals surface area contributed by atoms with Crippen LogP contribution >= 0.6 is 0 Å². The smallest absolute Gasteiger partial charge is 0.311 e. The minimum atomic E-state index is -0.568. The minimum Gasteiger partial charge on any atom is -0.469 e. The number of aromatic nitrogens is 1. The van der Waals surface area contributed by atoms with Crippen LogP contribution in [0.1, 0.15) is 36.6 Å². The Morgan fingerprint density at radius 3 is 3.00 bits per heavy atom. The molecule has 2 aromatic rings. The molecule has 0 bridgehead atoms. The number of esters is 1. The van der Waals surface area contributed by atoms with Crippen LogP contribution in [0.2, 0.25) is 0 Å². The van der Waals surface area contributed by atoms with Crippen molar-refractivity contribution in [3.8, 4) is 0 Å². The summed E-state index contributed by atoms with van der Waals surface area (Å²) in [5.74, 6) is 0.0541. The maximum absolute atomic E-state index is 12.4. The average molecular weight is 354 g/mol. The standard InChI is InChI=1S/C21H26N2O3/c1-26-21(25)19-15-10-17-20-14(13-4-2-3-5-16(13)22-20)8-9-23(17)11-12(15)6-7-18(19)24/h2-5,12,15,17-19,22,24H,6-11H2,1H3/t12-,15-,17+,18+,19-/m1/s1. The molecule has 26 heavy (non-hydrogen) atoms. The molecule has 2 fully saturated rings. The molecule has 0 spiro atoms. The van der Waals surface area contributed by atoms with Crippen molar-refractivity contribution in [3.63, 3.8) is 0 Å². The van der Waals surface area contributed by atoms with Crippen LogP contribution in [0, 0.1) is 17.8 Å². The van der Waals surface area contributed by atoms with Crippen molar-refractivity contribution in [2.24, 2.45) is 17.8 Å². The first-order valence-corrected chi connectivity index (χ1v) is 9.76. The van der Waals surface area contributed by atoms with Crippen LogP contribution in [0.25, 0.3) is 10.9 Å². The molecule has 1 saturated carbocycles.